The van der Waals surface area contributed by atoms with Crippen LogP contribution < -0.4 is 10.6 Å². The van der Waals surface area contributed by atoms with Gasteiger partial charge in [0.2, 0.25) is 5.91 Å². The molecular weight excluding hydrogens is 244 g/mol. The van der Waals surface area contributed by atoms with Crippen molar-refractivity contribution in [3.8, 4) is 0 Å². The summed E-state index contributed by atoms with van der Waals surface area (Å²) in [5.74, 6) is 2.59. The maximum Gasteiger partial charge on any atom is 0.229 e. The summed E-state index contributed by atoms with van der Waals surface area (Å²) < 4.78 is 0. The van der Waals surface area contributed by atoms with Crippen molar-refractivity contribution in [1.29, 1.82) is 0 Å². The minimum atomic E-state index is 0. The van der Waals surface area contributed by atoms with Gasteiger partial charge in [-0.3, -0.25) is 4.79 Å². The standard InChI is InChI=1S/C11H24N2OS.ClH/c1-10(2)5-8-15-9-11(14)13-7-4-6-12-3;/h10,12H,4-9H2,1-3H3,(H,13,14);1H. The van der Waals surface area contributed by atoms with E-state index in [-0.39, 0.29) is 18.3 Å². The molecule has 0 aliphatic rings. The van der Waals surface area contributed by atoms with Crippen LogP contribution in [-0.4, -0.2) is 37.6 Å². The molecule has 0 bridgehead atoms. The molecule has 0 aromatic rings. The van der Waals surface area contributed by atoms with E-state index < -0.39 is 0 Å². The fraction of sp³-hybridized carbons (Fsp3) is 0.909. The molecule has 98 valence electrons. The molecular formula is C11H25ClN2OS. The molecule has 0 rings (SSSR count). The highest BCUT2D eigenvalue weighted by Crippen LogP contribution is 2.07. The average Bonchev–Trinajstić information content (AvgIpc) is 2.19. The Bertz CT molecular complexity index is 168. The molecule has 0 aromatic heterocycles. The number of hydrogen-bond acceptors (Lipinski definition) is 3. The Labute approximate surface area is 110 Å². The van der Waals surface area contributed by atoms with E-state index in [9.17, 15) is 4.79 Å². The van der Waals surface area contributed by atoms with E-state index in [1.807, 2.05) is 7.05 Å². The Hall–Kier alpha value is 0.0700. The third-order valence-corrected chi connectivity index (χ3v) is 2.99. The summed E-state index contributed by atoms with van der Waals surface area (Å²) in [5.41, 5.74) is 0. The smallest absolute Gasteiger partial charge is 0.229 e. The first-order chi connectivity index (χ1) is 7.16. The second-order valence-electron chi connectivity index (χ2n) is 4.04. The minimum absolute atomic E-state index is 0. The SMILES string of the molecule is CNCCCNC(=O)CSCCC(C)C.Cl. The van der Waals surface area contributed by atoms with E-state index in [2.05, 4.69) is 24.5 Å². The molecule has 3 nitrogen and oxygen atoms in total. The Morgan fingerprint density at radius 3 is 2.56 bits per heavy atom. The van der Waals surface area contributed by atoms with Crippen LogP contribution in [0.2, 0.25) is 0 Å². The van der Waals surface area contributed by atoms with Gasteiger partial charge >= 0.3 is 0 Å². The molecule has 0 saturated heterocycles. The van der Waals surface area contributed by atoms with Gasteiger partial charge in [0.1, 0.15) is 0 Å². The number of hydrogen-bond donors (Lipinski definition) is 2. The first-order valence-electron chi connectivity index (χ1n) is 5.66. The fourth-order valence-corrected chi connectivity index (χ4v) is 2.10. The van der Waals surface area contributed by atoms with Crippen LogP contribution in [0.5, 0.6) is 0 Å². The van der Waals surface area contributed by atoms with Gasteiger partial charge in [-0.05, 0) is 38.1 Å². The highest BCUT2D eigenvalue weighted by molar-refractivity contribution is 7.99. The number of thioether (sulfide) groups is 1. The molecule has 1 amide bonds. The van der Waals surface area contributed by atoms with Crippen molar-refractivity contribution in [3.05, 3.63) is 0 Å². The van der Waals surface area contributed by atoms with Gasteiger partial charge in [-0.25, -0.2) is 0 Å². The van der Waals surface area contributed by atoms with Crippen LogP contribution in [0.1, 0.15) is 26.7 Å². The lowest BCUT2D eigenvalue weighted by Gasteiger charge is -2.06. The maximum absolute atomic E-state index is 11.3. The molecule has 0 fully saturated rings. The number of halogens is 1. The van der Waals surface area contributed by atoms with Crippen LogP contribution in [0.25, 0.3) is 0 Å². The fourth-order valence-electron chi connectivity index (χ4n) is 1.03. The van der Waals surface area contributed by atoms with Crippen molar-refractivity contribution in [1.82, 2.24) is 10.6 Å². The molecule has 16 heavy (non-hydrogen) atoms. The molecule has 0 atom stereocenters. The quantitative estimate of drug-likeness (QED) is 0.628. The molecule has 0 spiro atoms. The third kappa shape index (κ3) is 14.1. The van der Waals surface area contributed by atoms with E-state index in [1.165, 1.54) is 6.42 Å². The predicted molar refractivity (Wildman–Crippen MR) is 75.6 cm³/mol. The summed E-state index contributed by atoms with van der Waals surface area (Å²) in [5, 5.41) is 5.96. The van der Waals surface area contributed by atoms with Crippen molar-refractivity contribution >= 4 is 30.1 Å². The van der Waals surface area contributed by atoms with Crippen LogP contribution in [0.3, 0.4) is 0 Å². The molecule has 0 unspecified atom stereocenters. The van der Waals surface area contributed by atoms with E-state index in [4.69, 9.17) is 0 Å². The second kappa shape index (κ2) is 13.1. The van der Waals surface area contributed by atoms with Gasteiger partial charge in [-0.15, -0.1) is 12.4 Å². The van der Waals surface area contributed by atoms with Crippen molar-refractivity contribution in [2.24, 2.45) is 5.92 Å². The van der Waals surface area contributed by atoms with E-state index in [0.29, 0.717) is 5.75 Å². The summed E-state index contributed by atoms with van der Waals surface area (Å²) >= 11 is 1.73. The van der Waals surface area contributed by atoms with Crippen LogP contribution in [-0.2, 0) is 4.79 Å². The van der Waals surface area contributed by atoms with Crippen molar-refractivity contribution < 1.29 is 4.79 Å². The van der Waals surface area contributed by atoms with Gasteiger partial charge in [0.25, 0.3) is 0 Å². The normalized spacial score (nSPS) is 10.0. The highest BCUT2D eigenvalue weighted by Gasteiger charge is 2.01. The molecule has 2 N–H and O–H groups in total. The maximum atomic E-state index is 11.3. The number of carbonyl (C=O) groups is 1. The van der Waals surface area contributed by atoms with Crippen LogP contribution in [0.15, 0.2) is 0 Å². The van der Waals surface area contributed by atoms with Crippen molar-refractivity contribution in [3.63, 3.8) is 0 Å². The largest absolute Gasteiger partial charge is 0.355 e. The Morgan fingerprint density at radius 1 is 1.31 bits per heavy atom. The Balaban J connectivity index is 0. The lowest BCUT2D eigenvalue weighted by Crippen LogP contribution is -2.28. The monoisotopic (exact) mass is 268 g/mol. The molecule has 5 heteroatoms. The summed E-state index contributed by atoms with van der Waals surface area (Å²) in [7, 11) is 1.92. The number of carbonyl (C=O) groups excluding carboxylic acids is 1. The first-order valence-corrected chi connectivity index (χ1v) is 6.81. The van der Waals surface area contributed by atoms with Gasteiger partial charge in [0, 0.05) is 6.54 Å². The minimum Gasteiger partial charge on any atom is -0.355 e. The van der Waals surface area contributed by atoms with Crippen LogP contribution >= 0.6 is 24.2 Å². The van der Waals surface area contributed by atoms with Crippen LogP contribution in [0, 0.1) is 5.92 Å². The Morgan fingerprint density at radius 2 is 2.00 bits per heavy atom. The van der Waals surface area contributed by atoms with Gasteiger partial charge < -0.3 is 10.6 Å². The summed E-state index contributed by atoms with van der Waals surface area (Å²) in [6.45, 7) is 6.15. The lowest BCUT2D eigenvalue weighted by atomic mass is 10.2. The highest BCUT2D eigenvalue weighted by atomic mass is 35.5. The van der Waals surface area contributed by atoms with Gasteiger partial charge in [-0.2, -0.15) is 11.8 Å². The van der Waals surface area contributed by atoms with Gasteiger partial charge in [0.05, 0.1) is 5.75 Å². The number of amides is 1. The molecule has 0 heterocycles. The zero-order chi connectivity index (χ0) is 11.5. The van der Waals surface area contributed by atoms with Crippen molar-refractivity contribution in [2.45, 2.75) is 26.7 Å². The predicted octanol–water partition coefficient (Wildman–Crippen LogP) is 1.91. The van der Waals surface area contributed by atoms with Gasteiger partial charge in [-0.1, -0.05) is 13.8 Å². The molecule has 0 saturated carbocycles. The molecule has 0 radical (unpaired) electrons. The second-order valence-corrected chi connectivity index (χ2v) is 5.15. The molecule has 0 aliphatic heterocycles. The van der Waals surface area contributed by atoms with Gasteiger partial charge in [0.15, 0.2) is 0 Å². The molecule has 0 aliphatic carbocycles. The summed E-state index contributed by atoms with van der Waals surface area (Å²) in [6.07, 6.45) is 2.19. The zero-order valence-electron chi connectivity index (χ0n) is 10.5. The average molecular weight is 269 g/mol. The summed E-state index contributed by atoms with van der Waals surface area (Å²) in [6, 6.07) is 0. The first kappa shape index (κ1) is 18.4. The Kier molecular flexibility index (Phi) is 15.1. The van der Waals surface area contributed by atoms with Crippen LogP contribution in [0.4, 0.5) is 0 Å². The number of nitrogens with one attached hydrogen (secondary N) is 2. The topological polar surface area (TPSA) is 41.1 Å². The van der Waals surface area contributed by atoms with E-state index in [1.54, 1.807) is 11.8 Å². The number of rotatable bonds is 9. The lowest BCUT2D eigenvalue weighted by molar-refractivity contribution is -0.118. The van der Waals surface area contributed by atoms with E-state index >= 15 is 0 Å². The summed E-state index contributed by atoms with van der Waals surface area (Å²) in [4.78, 5) is 11.3. The molecule has 0 aromatic carbocycles. The zero-order valence-corrected chi connectivity index (χ0v) is 12.2. The van der Waals surface area contributed by atoms with Crippen molar-refractivity contribution in [2.75, 3.05) is 31.6 Å². The van der Waals surface area contributed by atoms with E-state index in [0.717, 1.165) is 31.2 Å². The third-order valence-electron chi connectivity index (χ3n) is 2.00.